The summed E-state index contributed by atoms with van der Waals surface area (Å²) in [5.41, 5.74) is 1.53. The molecule has 0 unspecified atom stereocenters. The molecule has 12 atom stereocenters. The Kier molecular flexibility index (Phi) is 4.64. The van der Waals surface area contributed by atoms with Crippen LogP contribution in [-0.2, 0) is 9.47 Å². The second kappa shape index (κ2) is 6.81. The summed E-state index contributed by atoms with van der Waals surface area (Å²) in [6.45, 7) is 10.2. The topological polar surface area (TPSA) is 58.9 Å². The molecule has 31 heavy (non-hydrogen) atoms. The lowest BCUT2D eigenvalue weighted by atomic mass is 9.46. The van der Waals surface area contributed by atoms with Gasteiger partial charge in [0, 0.05) is 23.7 Å². The van der Waals surface area contributed by atoms with E-state index in [4.69, 9.17) is 9.47 Å². The first-order valence-corrected chi connectivity index (χ1v) is 13.1. The highest BCUT2D eigenvalue weighted by Crippen LogP contribution is 2.70. The fourth-order valence-corrected chi connectivity index (χ4v) is 9.61. The first-order valence-electron chi connectivity index (χ1n) is 13.1. The van der Waals surface area contributed by atoms with E-state index in [9.17, 15) is 10.2 Å². The molecule has 3 saturated carbocycles. The van der Waals surface area contributed by atoms with Crippen LogP contribution in [0.5, 0.6) is 0 Å². The molecule has 0 amide bonds. The molecule has 174 valence electrons. The molecule has 4 aliphatic carbocycles. The maximum Gasteiger partial charge on any atom is 0.171 e. The molecule has 4 nitrogen and oxygen atoms in total. The number of aliphatic hydroxyl groups is 2. The predicted molar refractivity (Wildman–Crippen MR) is 119 cm³/mol. The summed E-state index contributed by atoms with van der Waals surface area (Å²) in [6, 6.07) is 0. The van der Waals surface area contributed by atoms with Crippen molar-refractivity contribution in [3.8, 4) is 0 Å². The third-order valence-electron chi connectivity index (χ3n) is 11.5. The molecule has 6 rings (SSSR count). The van der Waals surface area contributed by atoms with Crippen molar-refractivity contribution in [1.29, 1.82) is 0 Å². The van der Waals surface area contributed by atoms with Crippen molar-refractivity contribution in [1.82, 2.24) is 0 Å². The molecule has 0 aromatic carbocycles. The molecule has 2 N–H and O–H groups in total. The van der Waals surface area contributed by atoms with Crippen molar-refractivity contribution < 1.29 is 19.7 Å². The van der Waals surface area contributed by atoms with Crippen LogP contribution in [0.2, 0.25) is 0 Å². The summed E-state index contributed by atoms with van der Waals surface area (Å²) in [5.74, 6) is 2.58. The van der Waals surface area contributed by atoms with E-state index in [0.29, 0.717) is 35.5 Å². The molecule has 0 bridgehead atoms. The fraction of sp³-hybridized carbons (Fsp3) is 0.926. The normalized spacial score (nSPS) is 60.7. The van der Waals surface area contributed by atoms with Crippen molar-refractivity contribution in [3.63, 3.8) is 0 Å². The predicted octanol–water partition coefficient (Wildman–Crippen LogP) is 4.68. The molecule has 1 spiro atoms. The molecule has 4 heteroatoms. The Labute approximate surface area is 187 Å². The number of aliphatic hydroxyl groups excluding tert-OH is 2. The number of fused-ring (bicyclic) bond motifs is 7. The van der Waals surface area contributed by atoms with Gasteiger partial charge in [-0.2, -0.15) is 0 Å². The van der Waals surface area contributed by atoms with E-state index < -0.39 is 5.79 Å². The van der Waals surface area contributed by atoms with Crippen molar-refractivity contribution in [2.24, 2.45) is 46.3 Å². The highest BCUT2D eigenvalue weighted by molar-refractivity contribution is 5.27. The first kappa shape index (κ1) is 21.1. The Morgan fingerprint density at radius 2 is 1.84 bits per heavy atom. The van der Waals surface area contributed by atoms with Gasteiger partial charge in [-0.1, -0.05) is 39.3 Å². The fourth-order valence-electron chi connectivity index (χ4n) is 9.61. The average Bonchev–Trinajstić information content (AvgIpc) is 3.18. The summed E-state index contributed by atoms with van der Waals surface area (Å²) in [7, 11) is 0. The van der Waals surface area contributed by atoms with Gasteiger partial charge in [0.05, 0.1) is 24.9 Å². The van der Waals surface area contributed by atoms with E-state index in [-0.39, 0.29) is 29.1 Å². The van der Waals surface area contributed by atoms with Gasteiger partial charge in [-0.05, 0) is 74.0 Å². The molecule has 0 aromatic rings. The number of allylic oxidation sites excluding steroid dienone is 1. The summed E-state index contributed by atoms with van der Waals surface area (Å²) in [4.78, 5) is 0. The van der Waals surface area contributed by atoms with Gasteiger partial charge in [0.2, 0.25) is 0 Å². The van der Waals surface area contributed by atoms with Gasteiger partial charge in [-0.15, -0.1) is 0 Å². The number of hydrogen-bond acceptors (Lipinski definition) is 4. The van der Waals surface area contributed by atoms with Crippen LogP contribution < -0.4 is 0 Å². The Morgan fingerprint density at radius 3 is 2.58 bits per heavy atom. The van der Waals surface area contributed by atoms with Gasteiger partial charge in [-0.25, -0.2) is 0 Å². The van der Waals surface area contributed by atoms with Crippen molar-refractivity contribution in [2.45, 2.75) is 103 Å². The molecule has 5 fully saturated rings. The average molecular weight is 431 g/mol. The van der Waals surface area contributed by atoms with Crippen LogP contribution in [-0.4, -0.2) is 40.9 Å². The van der Waals surface area contributed by atoms with Crippen LogP contribution in [0, 0.1) is 46.3 Å². The second-order valence-corrected chi connectivity index (χ2v) is 12.7. The van der Waals surface area contributed by atoms with E-state index in [1.165, 1.54) is 12.0 Å². The molecular weight excluding hydrogens is 388 g/mol. The van der Waals surface area contributed by atoms with Gasteiger partial charge in [0.15, 0.2) is 5.79 Å². The van der Waals surface area contributed by atoms with Gasteiger partial charge >= 0.3 is 0 Å². The van der Waals surface area contributed by atoms with Gasteiger partial charge in [0.1, 0.15) is 0 Å². The van der Waals surface area contributed by atoms with Crippen LogP contribution in [0.4, 0.5) is 0 Å². The van der Waals surface area contributed by atoms with Crippen LogP contribution in [0.15, 0.2) is 11.6 Å². The third kappa shape index (κ3) is 2.68. The lowest BCUT2D eigenvalue weighted by molar-refractivity contribution is -0.273. The second-order valence-electron chi connectivity index (χ2n) is 12.7. The first-order chi connectivity index (χ1) is 14.7. The Balaban J connectivity index is 1.32. The monoisotopic (exact) mass is 430 g/mol. The van der Waals surface area contributed by atoms with Crippen molar-refractivity contribution >= 4 is 0 Å². The minimum Gasteiger partial charge on any atom is -0.393 e. The quantitative estimate of drug-likeness (QED) is 0.548. The lowest BCUT2D eigenvalue weighted by Gasteiger charge is -2.60. The van der Waals surface area contributed by atoms with Gasteiger partial charge in [-0.3, -0.25) is 0 Å². The molecular formula is C27H42O4. The summed E-state index contributed by atoms with van der Waals surface area (Å²) >= 11 is 0. The van der Waals surface area contributed by atoms with Gasteiger partial charge < -0.3 is 19.7 Å². The number of rotatable bonds is 0. The van der Waals surface area contributed by atoms with Crippen molar-refractivity contribution in [2.75, 3.05) is 6.61 Å². The minimum absolute atomic E-state index is 0.0863. The van der Waals surface area contributed by atoms with E-state index in [1.807, 2.05) is 0 Å². The van der Waals surface area contributed by atoms with Crippen molar-refractivity contribution in [3.05, 3.63) is 11.6 Å². The number of ether oxygens (including phenoxy) is 2. The summed E-state index contributed by atoms with van der Waals surface area (Å²) in [6.07, 6.45) is 10.3. The maximum absolute atomic E-state index is 11.8. The van der Waals surface area contributed by atoms with E-state index >= 15 is 0 Å². The molecule has 6 aliphatic rings. The molecule has 2 saturated heterocycles. The van der Waals surface area contributed by atoms with E-state index in [0.717, 1.165) is 51.6 Å². The Hall–Kier alpha value is -0.420. The smallest absolute Gasteiger partial charge is 0.171 e. The largest absolute Gasteiger partial charge is 0.393 e. The third-order valence-corrected chi connectivity index (χ3v) is 11.5. The standard InChI is InChI=1S/C27H42O4/c1-15-7-10-27(30-14-15)16(2)24-22(31-27)12-21-19-6-5-17-11-18(28)8-9-25(17,3)20(19)13-23(29)26(21,24)4/h5,15-16,18-24,28-29H,6-14H2,1-4H3/t15-,16-,18+,19-,20+,21+,22+,23-,24+,25+,26-,27-/m1/s1. The van der Waals surface area contributed by atoms with Gasteiger partial charge in [0.25, 0.3) is 0 Å². The summed E-state index contributed by atoms with van der Waals surface area (Å²) < 4.78 is 13.2. The molecule has 0 aromatic heterocycles. The van der Waals surface area contributed by atoms with Crippen LogP contribution in [0.3, 0.4) is 0 Å². The Morgan fingerprint density at radius 1 is 1.03 bits per heavy atom. The molecule has 0 radical (unpaired) electrons. The highest BCUT2D eigenvalue weighted by Gasteiger charge is 2.71. The van der Waals surface area contributed by atoms with Crippen LogP contribution in [0.1, 0.15) is 79.1 Å². The number of hydrogen-bond donors (Lipinski definition) is 2. The highest BCUT2D eigenvalue weighted by atomic mass is 16.7. The zero-order chi connectivity index (χ0) is 21.8. The molecule has 2 heterocycles. The van der Waals surface area contributed by atoms with Crippen LogP contribution >= 0.6 is 0 Å². The summed E-state index contributed by atoms with van der Waals surface area (Å²) in [5, 5.41) is 22.0. The van der Waals surface area contributed by atoms with E-state index in [2.05, 4.69) is 33.8 Å². The van der Waals surface area contributed by atoms with E-state index in [1.54, 1.807) is 0 Å². The van der Waals surface area contributed by atoms with Crippen LogP contribution in [0.25, 0.3) is 0 Å². The Bertz CT molecular complexity index is 769. The minimum atomic E-state index is -0.419. The lowest BCUT2D eigenvalue weighted by Crippen LogP contribution is -2.57. The maximum atomic E-state index is 11.8. The zero-order valence-corrected chi connectivity index (χ0v) is 19.8. The zero-order valence-electron chi connectivity index (χ0n) is 19.8. The molecule has 2 aliphatic heterocycles. The SMILES string of the molecule is C[C@@H]1CC[C@@]2(OC1)O[C@H]1C[C@H]3[C@@H]4CC=C5C[C@@H](O)CC[C@]5(C)[C@H]4C[C@@H](O)[C@]3(C)[C@H]1[C@H]2C.